The van der Waals surface area contributed by atoms with Crippen molar-refractivity contribution in [3.05, 3.63) is 40.2 Å². The van der Waals surface area contributed by atoms with Gasteiger partial charge >= 0.3 is 5.63 Å². The zero-order chi connectivity index (χ0) is 13.2. The average Bonchev–Trinajstić information content (AvgIpc) is 2.47. The molecule has 1 unspecified atom stereocenters. The maximum atomic E-state index is 11.6. The number of benzene rings is 1. The molecule has 1 N–H and O–H groups in total. The molecule has 20 heavy (non-hydrogen) atoms. The van der Waals surface area contributed by atoms with E-state index in [2.05, 4.69) is 5.32 Å². The van der Waals surface area contributed by atoms with Crippen molar-refractivity contribution in [1.29, 1.82) is 0 Å². The summed E-state index contributed by atoms with van der Waals surface area (Å²) in [6.45, 7) is 2.33. The fraction of sp³-hybridized carbons (Fsp3) is 0.357. The number of rotatable bonds is 2. The molecule has 0 bridgehead atoms. The molecule has 0 aliphatic carbocycles. The highest BCUT2D eigenvalue weighted by Crippen LogP contribution is 2.24. The molecule has 1 aliphatic heterocycles. The Kier molecular flexibility index (Phi) is 4.65. The molecule has 1 aliphatic rings. The molecule has 3 rings (SSSR count). The average molecular weight is 298 g/mol. The lowest BCUT2D eigenvalue weighted by atomic mass is 10.1. The molecule has 1 aromatic carbocycles. The minimum atomic E-state index is -0.463. The van der Waals surface area contributed by atoms with E-state index in [1.807, 2.05) is 18.2 Å². The topological polar surface area (TPSA) is 60.7 Å². The quantitative estimate of drug-likeness (QED) is 0.858. The highest BCUT2D eigenvalue weighted by Gasteiger charge is 2.16. The van der Waals surface area contributed by atoms with Gasteiger partial charge in [0.15, 0.2) is 0 Å². The second-order valence-electron chi connectivity index (χ2n) is 4.46. The highest BCUT2D eigenvalue weighted by atomic mass is 35.5. The van der Waals surface area contributed by atoms with Crippen LogP contribution in [0.4, 0.5) is 0 Å². The number of ether oxygens (including phenoxy) is 2. The molecule has 6 heteroatoms. The molecular weight excluding hydrogens is 282 g/mol. The minimum absolute atomic E-state index is 0. The maximum absolute atomic E-state index is 11.6. The second kappa shape index (κ2) is 6.26. The third-order valence-electron chi connectivity index (χ3n) is 3.25. The molecule has 0 spiro atoms. The van der Waals surface area contributed by atoms with Gasteiger partial charge in [0.25, 0.3) is 0 Å². The van der Waals surface area contributed by atoms with Crippen LogP contribution < -0.4 is 15.7 Å². The van der Waals surface area contributed by atoms with Gasteiger partial charge in [-0.05, 0) is 17.7 Å². The van der Waals surface area contributed by atoms with Crippen molar-refractivity contribution in [3.8, 4) is 5.75 Å². The molecule has 1 fully saturated rings. The summed E-state index contributed by atoms with van der Waals surface area (Å²) in [6.07, 6.45) is 0.00514. The zero-order valence-corrected chi connectivity index (χ0v) is 11.9. The molecule has 2 aromatic rings. The predicted molar refractivity (Wildman–Crippen MR) is 77.8 cm³/mol. The predicted octanol–water partition coefficient (Wildman–Crippen LogP) is 1.88. The summed E-state index contributed by atoms with van der Waals surface area (Å²) in [5, 5.41) is 4.11. The van der Waals surface area contributed by atoms with E-state index in [4.69, 9.17) is 13.9 Å². The number of hydrogen-bond acceptors (Lipinski definition) is 5. The molecular formula is C14H16ClNO4. The van der Waals surface area contributed by atoms with Gasteiger partial charge in [0, 0.05) is 18.5 Å². The van der Waals surface area contributed by atoms with Crippen molar-refractivity contribution < 1.29 is 13.9 Å². The third kappa shape index (κ3) is 2.80. The summed E-state index contributed by atoms with van der Waals surface area (Å²) in [5.74, 6) is 0.218. The molecule has 1 aromatic heterocycles. The summed E-state index contributed by atoms with van der Waals surface area (Å²) in [4.78, 5) is 11.6. The van der Waals surface area contributed by atoms with Gasteiger partial charge in [-0.15, -0.1) is 12.4 Å². The number of fused-ring (bicyclic) bond motifs is 1. The summed E-state index contributed by atoms with van der Waals surface area (Å²) in [7, 11) is 1.45. The number of morpholine rings is 1. The van der Waals surface area contributed by atoms with Gasteiger partial charge in [-0.1, -0.05) is 12.1 Å². The lowest BCUT2D eigenvalue weighted by Crippen LogP contribution is -2.33. The Hall–Kier alpha value is -1.56. The van der Waals surface area contributed by atoms with Crippen LogP contribution in [0.15, 0.2) is 33.5 Å². The summed E-state index contributed by atoms with van der Waals surface area (Å²) in [6, 6.07) is 7.44. The van der Waals surface area contributed by atoms with Crippen LogP contribution in [0.3, 0.4) is 0 Å². The van der Waals surface area contributed by atoms with Crippen LogP contribution in [-0.4, -0.2) is 26.8 Å². The number of nitrogens with one attached hydrogen (secondary N) is 1. The summed E-state index contributed by atoms with van der Waals surface area (Å²) >= 11 is 0. The Morgan fingerprint density at radius 1 is 1.35 bits per heavy atom. The number of methoxy groups -OCH3 is 1. The Morgan fingerprint density at radius 3 is 2.90 bits per heavy atom. The van der Waals surface area contributed by atoms with Crippen molar-refractivity contribution in [2.45, 2.75) is 6.10 Å². The van der Waals surface area contributed by atoms with E-state index >= 15 is 0 Å². The lowest BCUT2D eigenvalue weighted by Gasteiger charge is -2.23. The van der Waals surface area contributed by atoms with Gasteiger partial charge < -0.3 is 19.2 Å². The third-order valence-corrected chi connectivity index (χ3v) is 3.25. The van der Waals surface area contributed by atoms with Gasteiger partial charge in [0.05, 0.1) is 19.8 Å². The molecule has 1 atom stereocenters. The molecule has 5 nitrogen and oxygen atoms in total. The first-order valence-electron chi connectivity index (χ1n) is 6.22. The SMILES string of the molecule is COc1cc2ccc(C3CNCCO3)cc2oc1=O.Cl. The summed E-state index contributed by atoms with van der Waals surface area (Å²) < 4.78 is 15.9. The first-order chi connectivity index (χ1) is 9.28. The van der Waals surface area contributed by atoms with E-state index in [9.17, 15) is 4.79 Å². The van der Waals surface area contributed by atoms with Crippen LogP contribution in [-0.2, 0) is 4.74 Å². The van der Waals surface area contributed by atoms with Gasteiger partial charge in [-0.3, -0.25) is 0 Å². The standard InChI is InChI=1S/C14H15NO4.ClH/c1-17-12-7-9-2-3-10(6-11(9)19-14(12)16)13-8-15-4-5-18-13;/h2-3,6-7,13,15H,4-5,8H2,1H3;1H. The molecule has 0 amide bonds. The largest absolute Gasteiger partial charge is 0.490 e. The zero-order valence-electron chi connectivity index (χ0n) is 11.0. The molecule has 2 heterocycles. The number of hydrogen-bond donors (Lipinski definition) is 1. The Morgan fingerprint density at radius 2 is 2.20 bits per heavy atom. The van der Waals surface area contributed by atoms with E-state index < -0.39 is 5.63 Å². The number of halogens is 1. The normalized spacial score (nSPS) is 18.6. The van der Waals surface area contributed by atoms with Crippen LogP contribution in [0.2, 0.25) is 0 Å². The van der Waals surface area contributed by atoms with Gasteiger partial charge in [0.1, 0.15) is 5.58 Å². The highest BCUT2D eigenvalue weighted by molar-refractivity contribution is 5.85. The van der Waals surface area contributed by atoms with Crippen molar-refractivity contribution in [2.75, 3.05) is 26.8 Å². The van der Waals surface area contributed by atoms with E-state index in [1.54, 1.807) is 6.07 Å². The fourth-order valence-electron chi connectivity index (χ4n) is 2.23. The van der Waals surface area contributed by atoms with Crippen LogP contribution in [0, 0.1) is 0 Å². The van der Waals surface area contributed by atoms with Crippen LogP contribution in [0.1, 0.15) is 11.7 Å². The Balaban J connectivity index is 0.00000147. The van der Waals surface area contributed by atoms with Crippen LogP contribution >= 0.6 is 12.4 Å². The van der Waals surface area contributed by atoms with Crippen molar-refractivity contribution in [1.82, 2.24) is 5.32 Å². The minimum Gasteiger partial charge on any atom is -0.490 e. The maximum Gasteiger partial charge on any atom is 0.379 e. The van der Waals surface area contributed by atoms with Crippen LogP contribution in [0.5, 0.6) is 5.75 Å². The first kappa shape index (κ1) is 14.8. The van der Waals surface area contributed by atoms with Crippen molar-refractivity contribution in [3.63, 3.8) is 0 Å². The van der Waals surface area contributed by atoms with E-state index in [0.717, 1.165) is 24.0 Å². The van der Waals surface area contributed by atoms with Crippen molar-refractivity contribution >= 4 is 23.4 Å². The second-order valence-corrected chi connectivity index (χ2v) is 4.46. The molecule has 0 saturated carbocycles. The van der Waals surface area contributed by atoms with E-state index in [1.165, 1.54) is 7.11 Å². The molecule has 1 saturated heterocycles. The smallest absolute Gasteiger partial charge is 0.379 e. The molecule has 0 radical (unpaired) electrons. The first-order valence-corrected chi connectivity index (χ1v) is 6.22. The van der Waals surface area contributed by atoms with Gasteiger partial charge in [-0.2, -0.15) is 0 Å². The van der Waals surface area contributed by atoms with E-state index in [-0.39, 0.29) is 24.3 Å². The lowest BCUT2D eigenvalue weighted by molar-refractivity contribution is 0.0277. The summed E-state index contributed by atoms with van der Waals surface area (Å²) in [5.41, 5.74) is 1.10. The molecule has 108 valence electrons. The van der Waals surface area contributed by atoms with E-state index in [0.29, 0.717) is 12.2 Å². The fourth-order valence-corrected chi connectivity index (χ4v) is 2.23. The van der Waals surface area contributed by atoms with Crippen LogP contribution in [0.25, 0.3) is 11.0 Å². The monoisotopic (exact) mass is 297 g/mol. The van der Waals surface area contributed by atoms with Crippen molar-refractivity contribution in [2.24, 2.45) is 0 Å². The van der Waals surface area contributed by atoms with Gasteiger partial charge in [0.2, 0.25) is 5.75 Å². The Labute approximate surface area is 122 Å². The van der Waals surface area contributed by atoms with Gasteiger partial charge in [-0.25, -0.2) is 4.79 Å². The Bertz CT molecular complexity index is 649.